The Kier molecular flexibility index (Phi) is 1.59. The van der Waals surface area contributed by atoms with Gasteiger partial charge >= 0.3 is 0 Å². The average Bonchev–Trinajstić information content (AvgIpc) is 2.12. The lowest BCUT2D eigenvalue weighted by Crippen LogP contribution is -2.07. The zero-order valence-electron chi connectivity index (χ0n) is 6.07. The molecule has 2 rings (SSSR count). The van der Waals surface area contributed by atoms with Crippen LogP contribution in [-0.2, 0) is 0 Å². The number of halogens is 1. The molecule has 3 nitrogen and oxygen atoms in total. The Bertz CT molecular complexity index is 478. The summed E-state index contributed by atoms with van der Waals surface area (Å²) < 4.78 is 1.30. The molecule has 0 saturated heterocycles. The molecule has 0 spiro atoms. The van der Waals surface area contributed by atoms with Crippen molar-refractivity contribution in [2.24, 2.45) is 0 Å². The Balaban J connectivity index is 3.05. The van der Waals surface area contributed by atoms with Gasteiger partial charge in [0, 0.05) is 11.8 Å². The highest BCUT2D eigenvalue weighted by atomic mass is 35.5. The van der Waals surface area contributed by atoms with Crippen molar-refractivity contribution in [2.45, 2.75) is 0 Å². The van der Waals surface area contributed by atoms with Gasteiger partial charge in [0.15, 0.2) is 0 Å². The van der Waals surface area contributed by atoms with Crippen LogP contribution < -0.4 is 5.56 Å². The summed E-state index contributed by atoms with van der Waals surface area (Å²) in [4.78, 5) is 14.7. The van der Waals surface area contributed by atoms with Crippen LogP contribution in [0.25, 0.3) is 10.9 Å². The van der Waals surface area contributed by atoms with Crippen molar-refractivity contribution in [1.29, 1.82) is 0 Å². The van der Waals surface area contributed by atoms with Gasteiger partial charge in [0.2, 0.25) is 0 Å². The van der Waals surface area contributed by atoms with E-state index in [0.717, 1.165) is 0 Å². The molecule has 4 heteroatoms. The topological polar surface area (TPSA) is 34.9 Å². The Morgan fingerprint density at radius 3 is 2.83 bits per heavy atom. The first-order valence-corrected chi connectivity index (χ1v) is 3.75. The number of fused-ring (bicyclic) bond motifs is 1. The van der Waals surface area contributed by atoms with E-state index in [4.69, 9.17) is 11.8 Å². The van der Waals surface area contributed by atoms with E-state index in [1.807, 2.05) is 6.07 Å². The van der Waals surface area contributed by atoms with E-state index in [0.29, 0.717) is 10.9 Å². The average molecular weight is 181 g/mol. The summed E-state index contributed by atoms with van der Waals surface area (Å²) in [5.74, 6) is 0. The number of hydrogen-bond donors (Lipinski definition) is 0. The first-order chi connectivity index (χ1) is 5.79. The van der Waals surface area contributed by atoms with Crippen LogP contribution in [0.1, 0.15) is 0 Å². The fraction of sp³-hybridized carbons (Fsp3) is 0. The van der Waals surface area contributed by atoms with E-state index in [2.05, 4.69) is 4.98 Å². The molecule has 0 radical (unpaired) electrons. The zero-order chi connectivity index (χ0) is 8.55. The molecule has 12 heavy (non-hydrogen) atoms. The standard InChI is InChI=1S/C8H5ClN2O/c9-11-5-10-8(12)6-3-1-2-4-7(6)11/h1-5H. The highest BCUT2D eigenvalue weighted by molar-refractivity contribution is 6.18. The Hall–Kier alpha value is -1.35. The van der Waals surface area contributed by atoms with Crippen LogP contribution in [0.2, 0.25) is 0 Å². The number of para-hydroxylation sites is 1. The fourth-order valence-electron chi connectivity index (χ4n) is 1.08. The maximum absolute atomic E-state index is 11.1. The summed E-state index contributed by atoms with van der Waals surface area (Å²) in [6, 6.07) is 7.07. The minimum absolute atomic E-state index is 0.248. The quantitative estimate of drug-likeness (QED) is 0.614. The Labute approximate surface area is 73.3 Å². The molecule has 1 aromatic heterocycles. The molecule has 0 saturated carbocycles. The van der Waals surface area contributed by atoms with Crippen LogP contribution >= 0.6 is 11.8 Å². The molecule has 0 unspecified atom stereocenters. The van der Waals surface area contributed by atoms with E-state index < -0.39 is 0 Å². The first-order valence-electron chi connectivity index (χ1n) is 3.41. The van der Waals surface area contributed by atoms with Gasteiger partial charge in [-0.15, -0.1) is 0 Å². The molecule has 0 atom stereocenters. The van der Waals surface area contributed by atoms with Gasteiger partial charge in [-0.05, 0) is 12.1 Å². The van der Waals surface area contributed by atoms with Crippen LogP contribution in [0.3, 0.4) is 0 Å². The molecule has 0 aliphatic carbocycles. The van der Waals surface area contributed by atoms with Crippen LogP contribution in [0, 0.1) is 0 Å². The van der Waals surface area contributed by atoms with Crippen molar-refractivity contribution in [2.75, 3.05) is 0 Å². The smallest absolute Gasteiger partial charge is 0.267 e. The number of aromatic nitrogens is 2. The van der Waals surface area contributed by atoms with Crippen molar-refractivity contribution in [1.82, 2.24) is 9.07 Å². The van der Waals surface area contributed by atoms with Gasteiger partial charge in [-0.25, -0.2) is 4.09 Å². The third kappa shape index (κ3) is 0.987. The van der Waals surface area contributed by atoms with E-state index in [1.165, 1.54) is 10.4 Å². The van der Waals surface area contributed by atoms with Crippen LogP contribution in [0.4, 0.5) is 0 Å². The summed E-state index contributed by atoms with van der Waals surface area (Å²) >= 11 is 5.74. The minimum atomic E-state index is -0.248. The fourth-order valence-corrected chi connectivity index (χ4v) is 1.27. The minimum Gasteiger partial charge on any atom is -0.267 e. The SMILES string of the molecule is O=c1ncn(Cl)c2ccccc12. The predicted molar refractivity (Wildman–Crippen MR) is 47.3 cm³/mol. The molecular weight excluding hydrogens is 176 g/mol. The van der Waals surface area contributed by atoms with Crippen LogP contribution in [0.5, 0.6) is 0 Å². The van der Waals surface area contributed by atoms with E-state index >= 15 is 0 Å². The zero-order valence-corrected chi connectivity index (χ0v) is 6.82. The van der Waals surface area contributed by atoms with Gasteiger partial charge in [0.05, 0.1) is 10.9 Å². The summed E-state index contributed by atoms with van der Waals surface area (Å²) in [6.45, 7) is 0. The predicted octanol–water partition coefficient (Wildman–Crippen LogP) is 1.40. The van der Waals surface area contributed by atoms with Crippen molar-refractivity contribution in [3.05, 3.63) is 40.9 Å². The van der Waals surface area contributed by atoms with Crippen molar-refractivity contribution >= 4 is 22.7 Å². The normalized spacial score (nSPS) is 10.4. The van der Waals surface area contributed by atoms with Gasteiger partial charge in [0.1, 0.15) is 6.33 Å². The number of rotatable bonds is 0. The number of benzene rings is 1. The van der Waals surface area contributed by atoms with Gasteiger partial charge in [0.25, 0.3) is 5.56 Å². The molecule has 0 fully saturated rings. The van der Waals surface area contributed by atoms with Gasteiger partial charge < -0.3 is 0 Å². The highest BCUT2D eigenvalue weighted by Gasteiger charge is 1.99. The lowest BCUT2D eigenvalue weighted by atomic mass is 10.2. The second-order valence-corrected chi connectivity index (χ2v) is 2.74. The molecule has 0 aliphatic rings. The summed E-state index contributed by atoms with van der Waals surface area (Å²) in [6.07, 6.45) is 1.30. The maximum atomic E-state index is 11.1. The van der Waals surface area contributed by atoms with E-state index in [-0.39, 0.29) is 5.56 Å². The molecule has 2 aromatic rings. The summed E-state index contributed by atoms with van der Waals surface area (Å²) in [5, 5.41) is 0.537. The molecule has 0 aliphatic heterocycles. The number of nitrogens with zero attached hydrogens (tertiary/aromatic N) is 2. The third-order valence-electron chi connectivity index (χ3n) is 1.64. The van der Waals surface area contributed by atoms with Gasteiger partial charge in [-0.2, -0.15) is 4.98 Å². The molecule has 0 N–H and O–H groups in total. The van der Waals surface area contributed by atoms with Gasteiger partial charge in [-0.3, -0.25) is 4.79 Å². The van der Waals surface area contributed by atoms with Crippen molar-refractivity contribution < 1.29 is 0 Å². The Morgan fingerprint density at radius 2 is 2.08 bits per heavy atom. The van der Waals surface area contributed by atoms with Crippen molar-refractivity contribution in [3.63, 3.8) is 0 Å². The summed E-state index contributed by atoms with van der Waals surface area (Å²) in [5.41, 5.74) is 0.432. The van der Waals surface area contributed by atoms with Crippen LogP contribution in [0.15, 0.2) is 35.4 Å². The summed E-state index contributed by atoms with van der Waals surface area (Å²) in [7, 11) is 0. The molecule has 0 bridgehead atoms. The lowest BCUT2D eigenvalue weighted by Gasteiger charge is -1.98. The largest absolute Gasteiger partial charge is 0.280 e. The maximum Gasteiger partial charge on any atom is 0.280 e. The molecule has 60 valence electrons. The Morgan fingerprint density at radius 1 is 1.33 bits per heavy atom. The van der Waals surface area contributed by atoms with E-state index in [1.54, 1.807) is 18.2 Å². The molecule has 1 aromatic carbocycles. The highest BCUT2D eigenvalue weighted by Crippen LogP contribution is 2.08. The van der Waals surface area contributed by atoms with E-state index in [9.17, 15) is 4.79 Å². The van der Waals surface area contributed by atoms with Crippen molar-refractivity contribution in [3.8, 4) is 0 Å². The molecule has 0 amide bonds. The third-order valence-corrected chi connectivity index (χ3v) is 1.91. The van der Waals surface area contributed by atoms with Crippen LogP contribution in [-0.4, -0.2) is 9.07 Å². The lowest BCUT2D eigenvalue weighted by molar-refractivity contribution is 1.11. The molecular formula is C8H5ClN2O. The molecule has 1 heterocycles. The monoisotopic (exact) mass is 180 g/mol. The van der Waals surface area contributed by atoms with Gasteiger partial charge in [-0.1, -0.05) is 12.1 Å². The first kappa shape index (κ1) is 7.31. The number of hydrogen-bond acceptors (Lipinski definition) is 2. The second-order valence-electron chi connectivity index (χ2n) is 2.38. The second kappa shape index (κ2) is 2.60.